The topological polar surface area (TPSA) is 102 Å². The Morgan fingerprint density at radius 3 is 2.53 bits per heavy atom. The van der Waals surface area contributed by atoms with Crippen LogP contribution in [-0.2, 0) is 32.3 Å². The lowest BCUT2D eigenvalue weighted by Crippen LogP contribution is -2.51. The summed E-state index contributed by atoms with van der Waals surface area (Å²) in [5.74, 6) is 0.940. The molecule has 4 rings (SSSR count). The minimum absolute atomic E-state index is 0.187. The first-order valence-electron chi connectivity index (χ1n) is 10.6. The molecule has 1 aliphatic heterocycles. The Bertz CT molecular complexity index is 1200. The van der Waals surface area contributed by atoms with Crippen molar-refractivity contribution >= 4 is 27.3 Å². The SMILES string of the molecule is Cc1nc2ccccc2n1CCc1ccc(S(=O)(=O)C2(CN(O)C=O)CCOCC2)cc1. The fourth-order valence-electron chi connectivity index (χ4n) is 4.39. The summed E-state index contributed by atoms with van der Waals surface area (Å²) in [5.41, 5.74) is 3.05. The first-order valence-corrected chi connectivity index (χ1v) is 12.1. The second kappa shape index (κ2) is 9.01. The van der Waals surface area contributed by atoms with Gasteiger partial charge in [-0.15, -0.1) is 0 Å². The zero-order valence-corrected chi connectivity index (χ0v) is 18.8. The molecule has 32 heavy (non-hydrogen) atoms. The van der Waals surface area contributed by atoms with Gasteiger partial charge in [0, 0.05) is 19.8 Å². The normalized spacial score (nSPS) is 16.2. The zero-order chi connectivity index (χ0) is 22.8. The standard InChI is InChI=1S/C23H27N3O5S/c1-18-24-21-4-2-3-5-22(21)26(18)13-10-19-6-8-20(9-7-19)32(29,30)23(16-25(28)17-27)11-14-31-15-12-23/h2-9,17,28H,10-16H2,1H3. The third-order valence-electron chi connectivity index (χ3n) is 6.25. The summed E-state index contributed by atoms with van der Waals surface area (Å²) in [6, 6.07) is 14.9. The molecular formula is C23H27N3O5S. The monoisotopic (exact) mass is 457 g/mol. The first kappa shape index (κ1) is 22.4. The third kappa shape index (κ3) is 4.15. The summed E-state index contributed by atoms with van der Waals surface area (Å²) in [4.78, 5) is 15.7. The van der Waals surface area contributed by atoms with Gasteiger partial charge in [-0.05, 0) is 56.0 Å². The van der Waals surface area contributed by atoms with Crippen LogP contribution in [0.15, 0.2) is 53.4 Å². The van der Waals surface area contributed by atoms with Gasteiger partial charge in [0.05, 0.1) is 22.5 Å². The van der Waals surface area contributed by atoms with Gasteiger partial charge < -0.3 is 9.30 Å². The summed E-state index contributed by atoms with van der Waals surface area (Å²) < 4.78 is 33.2. The van der Waals surface area contributed by atoms with Crippen LogP contribution in [0.2, 0.25) is 0 Å². The van der Waals surface area contributed by atoms with Crippen molar-refractivity contribution in [3.63, 3.8) is 0 Å². The summed E-state index contributed by atoms with van der Waals surface area (Å²) in [5, 5.41) is 10.2. The Kier molecular flexibility index (Phi) is 6.32. The van der Waals surface area contributed by atoms with E-state index in [9.17, 15) is 18.4 Å². The Labute approximate surface area is 187 Å². The number of hydrogen-bond acceptors (Lipinski definition) is 6. The molecule has 2 heterocycles. The molecule has 0 bridgehead atoms. The van der Waals surface area contributed by atoms with Crippen molar-refractivity contribution < 1.29 is 23.2 Å². The molecule has 0 atom stereocenters. The Balaban J connectivity index is 1.54. The molecule has 2 aromatic carbocycles. The number of hydrogen-bond donors (Lipinski definition) is 1. The number of fused-ring (bicyclic) bond motifs is 1. The summed E-state index contributed by atoms with van der Waals surface area (Å²) in [6.07, 6.45) is 1.40. The van der Waals surface area contributed by atoms with Gasteiger partial charge in [0.15, 0.2) is 9.84 Å². The van der Waals surface area contributed by atoms with E-state index in [1.807, 2.05) is 43.3 Å². The third-order valence-corrected chi connectivity index (χ3v) is 8.82. The number of sulfone groups is 1. The van der Waals surface area contributed by atoms with Crippen molar-refractivity contribution in [2.75, 3.05) is 19.8 Å². The summed E-state index contributed by atoms with van der Waals surface area (Å²) >= 11 is 0. The van der Waals surface area contributed by atoms with Crippen LogP contribution in [0.1, 0.15) is 24.2 Å². The lowest BCUT2D eigenvalue weighted by Gasteiger charge is -2.37. The molecule has 170 valence electrons. The van der Waals surface area contributed by atoms with E-state index in [2.05, 4.69) is 9.55 Å². The van der Waals surface area contributed by atoms with E-state index >= 15 is 0 Å². The lowest BCUT2D eigenvalue weighted by molar-refractivity contribution is -0.152. The lowest BCUT2D eigenvalue weighted by atomic mass is 9.99. The zero-order valence-electron chi connectivity index (χ0n) is 18.0. The van der Waals surface area contributed by atoms with Gasteiger partial charge in [-0.3, -0.25) is 10.0 Å². The molecule has 0 aliphatic carbocycles. The van der Waals surface area contributed by atoms with Crippen molar-refractivity contribution in [3.8, 4) is 0 Å². The Hall–Kier alpha value is -2.75. The van der Waals surface area contributed by atoms with Gasteiger partial charge in [-0.25, -0.2) is 18.5 Å². The number of benzene rings is 2. The highest BCUT2D eigenvalue weighted by molar-refractivity contribution is 7.92. The number of nitrogens with zero attached hydrogens (tertiary/aromatic N) is 3. The number of amides is 1. The predicted molar refractivity (Wildman–Crippen MR) is 119 cm³/mol. The molecule has 1 aromatic heterocycles. The van der Waals surface area contributed by atoms with Crippen molar-refractivity contribution in [1.29, 1.82) is 0 Å². The molecule has 0 saturated carbocycles. The average Bonchev–Trinajstić information content (AvgIpc) is 3.13. The molecule has 9 heteroatoms. The molecule has 0 unspecified atom stereocenters. The fraction of sp³-hybridized carbons (Fsp3) is 0.391. The fourth-order valence-corrected chi connectivity index (χ4v) is 6.39. The smallest absolute Gasteiger partial charge is 0.233 e. The van der Waals surface area contributed by atoms with Gasteiger partial charge in [0.25, 0.3) is 0 Å². The van der Waals surface area contributed by atoms with Crippen LogP contribution in [0.3, 0.4) is 0 Å². The number of hydroxylamine groups is 2. The maximum absolute atomic E-state index is 13.5. The van der Waals surface area contributed by atoms with Gasteiger partial charge in [-0.1, -0.05) is 24.3 Å². The molecule has 1 aliphatic rings. The van der Waals surface area contributed by atoms with Gasteiger partial charge in [0.1, 0.15) is 10.6 Å². The van der Waals surface area contributed by atoms with Crippen LogP contribution in [0, 0.1) is 6.92 Å². The summed E-state index contributed by atoms with van der Waals surface area (Å²) in [7, 11) is -3.80. The van der Waals surface area contributed by atoms with Crippen molar-refractivity contribution in [1.82, 2.24) is 14.6 Å². The largest absolute Gasteiger partial charge is 0.381 e. The van der Waals surface area contributed by atoms with E-state index in [0.717, 1.165) is 35.4 Å². The Morgan fingerprint density at radius 2 is 1.84 bits per heavy atom. The number of aryl methyl sites for hydroxylation is 3. The predicted octanol–water partition coefficient (Wildman–Crippen LogP) is 2.76. The van der Waals surface area contributed by atoms with Crippen LogP contribution >= 0.6 is 0 Å². The first-order chi connectivity index (χ1) is 15.4. The average molecular weight is 458 g/mol. The highest BCUT2D eigenvalue weighted by Gasteiger charge is 2.47. The van der Waals surface area contributed by atoms with E-state index < -0.39 is 14.6 Å². The number of aromatic nitrogens is 2. The minimum Gasteiger partial charge on any atom is -0.381 e. The molecule has 0 radical (unpaired) electrons. The maximum Gasteiger partial charge on any atom is 0.233 e. The summed E-state index contributed by atoms with van der Waals surface area (Å²) in [6.45, 7) is 2.96. The quantitative estimate of drug-likeness (QED) is 0.317. The number of rotatable bonds is 8. The van der Waals surface area contributed by atoms with Crippen molar-refractivity contribution in [3.05, 3.63) is 59.9 Å². The van der Waals surface area contributed by atoms with E-state index in [0.29, 0.717) is 5.06 Å². The highest BCUT2D eigenvalue weighted by atomic mass is 32.2. The Morgan fingerprint density at radius 1 is 1.16 bits per heavy atom. The number of carbonyl (C=O) groups is 1. The van der Waals surface area contributed by atoms with Crippen LogP contribution in [0.25, 0.3) is 11.0 Å². The van der Waals surface area contributed by atoms with Gasteiger partial charge in [-0.2, -0.15) is 0 Å². The van der Waals surface area contributed by atoms with Crippen molar-refractivity contribution in [2.24, 2.45) is 0 Å². The molecule has 8 nitrogen and oxygen atoms in total. The molecule has 3 aromatic rings. The second-order valence-corrected chi connectivity index (χ2v) is 10.5. The van der Waals surface area contributed by atoms with Crippen LogP contribution < -0.4 is 0 Å². The molecular weight excluding hydrogens is 430 g/mol. The molecule has 1 saturated heterocycles. The molecule has 0 spiro atoms. The van der Waals surface area contributed by atoms with E-state index in [1.54, 1.807) is 12.1 Å². The number of carbonyl (C=O) groups excluding carboxylic acids is 1. The van der Waals surface area contributed by atoms with E-state index in [-0.39, 0.29) is 43.9 Å². The van der Waals surface area contributed by atoms with Crippen molar-refractivity contribution in [2.45, 2.75) is 42.4 Å². The van der Waals surface area contributed by atoms with Crippen LogP contribution in [0.4, 0.5) is 0 Å². The number of para-hydroxylation sites is 2. The highest BCUT2D eigenvalue weighted by Crippen LogP contribution is 2.35. The van der Waals surface area contributed by atoms with E-state index in [1.165, 1.54) is 0 Å². The van der Waals surface area contributed by atoms with Gasteiger partial charge in [0.2, 0.25) is 6.41 Å². The number of imidazole rings is 1. The molecule has 1 N–H and O–H groups in total. The molecule has 1 fully saturated rings. The van der Waals surface area contributed by atoms with E-state index in [4.69, 9.17) is 4.74 Å². The van der Waals surface area contributed by atoms with Crippen LogP contribution in [-0.4, -0.2) is 59.2 Å². The number of ether oxygens (including phenoxy) is 1. The minimum atomic E-state index is -3.80. The van der Waals surface area contributed by atoms with Gasteiger partial charge >= 0.3 is 0 Å². The molecule has 1 amide bonds. The van der Waals surface area contributed by atoms with Crippen LogP contribution in [0.5, 0.6) is 0 Å². The maximum atomic E-state index is 13.5. The second-order valence-electron chi connectivity index (χ2n) is 8.20.